The predicted molar refractivity (Wildman–Crippen MR) is 104 cm³/mol. The van der Waals surface area contributed by atoms with Crippen molar-refractivity contribution in [1.82, 2.24) is 4.98 Å². The van der Waals surface area contributed by atoms with Crippen molar-refractivity contribution in [2.75, 3.05) is 13.2 Å². The van der Waals surface area contributed by atoms with Gasteiger partial charge in [0.15, 0.2) is 5.75 Å². The third-order valence-electron chi connectivity index (χ3n) is 3.64. The molecular weight excluding hydrogens is 572 g/mol. The zero-order valence-corrected chi connectivity index (χ0v) is 18.9. The molecule has 0 fully saturated rings. The predicted octanol–water partition coefficient (Wildman–Crippen LogP) is 7.71. The number of hydrogen-bond donors (Lipinski definition) is 0. The number of alkyl halides is 9. The van der Waals surface area contributed by atoms with Crippen LogP contribution >= 0.6 is 34.8 Å². The van der Waals surface area contributed by atoms with E-state index in [1.54, 1.807) is 0 Å². The van der Waals surface area contributed by atoms with Crippen molar-refractivity contribution in [3.05, 3.63) is 45.0 Å². The molecule has 2 rings (SSSR count). The van der Waals surface area contributed by atoms with Gasteiger partial charge in [0.05, 0.1) is 28.8 Å². The summed E-state index contributed by atoms with van der Waals surface area (Å²) in [5, 5.41) is -1.21. The van der Waals surface area contributed by atoms with Crippen LogP contribution in [0, 0.1) is 0 Å². The highest BCUT2D eigenvalue weighted by Crippen LogP contribution is 2.40. The Balaban J connectivity index is 1.91. The first-order valence-electron chi connectivity index (χ1n) is 8.92. The van der Waals surface area contributed by atoms with E-state index < -0.39 is 46.4 Å². The van der Waals surface area contributed by atoms with Gasteiger partial charge in [0.2, 0.25) is 5.88 Å². The number of pyridine rings is 1. The summed E-state index contributed by atoms with van der Waals surface area (Å²) in [5.74, 6) is -1.39. The SMILES string of the molecule is FC(OC(F)(F)F)C(F)(F)Oc1cc(Cl)c(OCCCOc2ncc(C(F)(F)F)cc2Cl)c(Cl)c1. The fourth-order valence-corrected chi connectivity index (χ4v) is 3.01. The Kier molecular flexibility index (Phi) is 9.47. The molecule has 1 heterocycles. The molecule has 2 aromatic rings. The summed E-state index contributed by atoms with van der Waals surface area (Å²) in [6.07, 6.45) is -18.9. The first-order chi connectivity index (χ1) is 16.0. The lowest BCUT2D eigenvalue weighted by atomic mass is 10.3. The topological polar surface area (TPSA) is 49.8 Å². The van der Waals surface area contributed by atoms with Gasteiger partial charge in [0.25, 0.3) is 0 Å². The highest BCUT2D eigenvalue weighted by molar-refractivity contribution is 6.37. The van der Waals surface area contributed by atoms with Gasteiger partial charge in [-0.05, 0) is 6.07 Å². The third-order valence-corrected chi connectivity index (χ3v) is 4.47. The summed E-state index contributed by atoms with van der Waals surface area (Å²) in [7, 11) is 0. The summed E-state index contributed by atoms with van der Waals surface area (Å²) >= 11 is 17.4. The van der Waals surface area contributed by atoms with E-state index in [9.17, 15) is 39.5 Å². The standard InChI is InChI=1S/C18H11Cl3F9NO4/c19-10-5-9(34-17(26,27)15(22)35-18(28,29)30)6-11(20)13(10)32-2-1-3-33-14-12(21)4-8(7-31-14)16(23,24)25/h4-7,15H,1-3H2. The van der Waals surface area contributed by atoms with Crippen molar-refractivity contribution in [3.63, 3.8) is 0 Å². The summed E-state index contributed by atoms with van der Waals surface area (Å²) < 4.78 is 131. The molecule has 0 saturated heterocycles. The van der Waals surface area contributed by atoms with Crippen molar-refractivity contribution >= 4 is 34.8 Å². The number of rotatable bonds is 10. The zero-order valence-electron chi connectivity index (χ0n) is 16.6. The van der Waals surface area contributed by atoms with Crippen LogP contribution in [0.2, 0.25) is 15.1 Å². The number of ether oxygens (including phenoxy) is 4. The quantitative estimate of drug-likeness (QED) is 0.212. The molecule has 1 unspecified atom stereocenters. The smallest absolute Gasteiger partial charge is 0.490 e. The van der Waals surface area contributed by atoms with E-state index in [2.05, 4.69) is 14.5 Å². The largest absolute Gasteiger partial charge is 0.525 e. The maximum Gasteiger partial charge on any atom is 0.525 e. The number of nitrogens with zero attached hydrogens (tertiary/aromatic N) is 1. The number of hydrogen-bond acceptors (Lipinski definition) is 5. The molecule has 1 aromatic heterocycles. The van der Waals surface area contributed by atoms with Gasteiger partial charge in [-0.15, -0.1) is 13.2 Å². The first kappa shape index (κ1) is 29.2. The van der Waals surface area contributed by atoms with Crippen molar-refractivity contribution < 1.29 is 58.5 Å². The van der Waals surface area contributed by atoms with Crippen molar-refractivity contribution in [1.29, 1.82) is 0 Å². The Hall–Kier alpha value is -2.03. The van der Waals surface area contributed by atoms with Crippen molar-refractivity contribution in [3.8, 4) is 17.4 Å². The number of benzene rings is 1. The minimum Gasteiger partial charge on any atom is -0.490 e. The molecule has 0 saturated carbocycles. The fourth-order valence-electron chi connectivity index (χ4n) is 2.21. The monoisotopic (exact) mass is 581 g/mol. The van der Waals surface area contributed by atoms with Gasteiger partial charge in [0, 0.05) is 24.8 Å². The van der Waals surface area contributed by atoms with Gasteiger partial charge in [-0.1, -0.05) is 34.8 Å². The minimum atomic E-state index is -5.68. The first-order valence-corrected chi connectivity index (χ1v) is 10.1. The Morgan fingerprint density at radius 3 is 1.91 bits per heavy atom. The highest BCUT2D eigenvalue weighted by atomic mass is 35.5. The lowest BCUT2D eigenvalue weighted by molar-refractivity contribution is -0.411. The van der Waals surface area contributed by atoms with Crippen molar-refractivity contribution in [2.24, 2.45) is 0 Å². The van der Waals surface area contributed by atoms with E-state index in [0.29, 0.717) is 24.4 Å². The van der Waals surface area contributed by atoms with Gasteiger partial charge in [-0.25, -0.2) is 14.1 Å². The number of halogens is 12. The molecule has 1 atom stereocenters. The Morgan fingerprint density at radius 1 is 0.829 bits per heavy atom. The lowest BCUT2D eigenvalue weighted by Gasteiger charge is -2.22. The highest BCUT2D eigenvalue weighted by Gasteiger charge is 2.50. The van der Waals surface area contributed by atoms with E-state index in [1.807, 2.05) is 0 Å². The molecule has 17 heteroatoms. The van der Waals surface area contributed by atoms with Crippen LogP contribution in [0.25, 0.3) is 0 Å². The normalized spacial score (nSPS) is 13.5. The molecule has 196 valence electrons. The molecule has 5 nitrogen and oxygen atoms in total. The van der Waals surface area contributed by atoms with E-state index >= 15 is 0 Å². The maximum atomic E-state index is 13.5. The zero-order chi connectivity index (χ0) is 26.6. The van der Waals surface area contributed by atoms with E-state index in [0.717, 1.165) is 0 Å². The molecule has 0 radical (unpaired) electrons. The van der Waals surface area contributed by atoms with Crippen molar-refractivity contribution in [2.45, 2.75) is 31.4 Å². The molecule has 0 amide bonds. The van der Waals surface area contributed by atoms with Gasteiger partial charge < -0.3 is 14.2 Å². The molecular formula is C18H11Cl3F9NO4. The molecule has 0 N–H and O–H groups in total. The molecule has 0 aliphatic rings. The van der Waals surface area contributed by atoms with Crippen LogP contribution in [0.4, 0.5) is 39.5 Å². The minimum absolute atomic E-state index is 0.0975. The average molecular weight is 583 g/mol. The molecule has 0 spiro atoms. The molecule has 0 aliphatic heterocycles. The van der Waals surface area contributed by atoms with Crippen LogP contribution < -0.4 is 14.2 Å². The second-order valence-electron chi connectivity index (χ2n) is 6.32. The van der Waals surface area contributed by atoms with Gasteiger partial charge in [0.1, 0.15) is 10.8 Å². The van der Waals surface area contributed by atoms with Crippen LogP contribution in [0.15, 0.2) is 24.4 Å². The fraction of sp³-hybridized carbons (Fsp3) is 0.389. The third kappa shape index (κ3) is 8.85. The summed E-state index contributed by atoms with van der Waals surface area (Å²) in [4.78, 5) is 3.47. The molecule has 0 bridgehead atoms. The van der Waals surface area contributed by atoms with Crippen LogP contribution in [-0.2, 0) is 10.9 Å². The lowest BCUT2D eigenvalue weighted by Crippen LogP contribution is -2.41. The summed E-state index contributed by atoms with van der Waals surface area (Å²) in [5.41, 5.74) is -1.07. The molecule has 0 aliphatic carbocycles. The molecule has 35 heavy (non-hydrogen) atoms. The van der Waals surface area contributed by atoms with Gasteiger partial charge in [-0.2, -0.15) is 22.0 Å². The Morgan fingerprint density at radius 2 is 1.40 bits per heavy atom. The van der Waals surface area contributed by atoms with E-state index in [-0.39, 0.29) is 36.3 Å². The second kappa shape index (κ2) is 11.4. The number of aromatic nitrogens is 1. The van der Waals surface area contributed by atoms with Gasteiger partial charge >= 0.3 is 25.0 Å². The van der Waals surface area contributed by atoms with Crippen LogP contribution in [0.5, 0.6) is 17.4 Å². The molecule has 1 aromatic carbocycles. The van der Waals surface area contributed by atoms with E-state index in [1.165, 1.54) is 0 Å². The Labute approximate surface area is 205 Å². The second-order valence-corrected chi connectivity index (χ2v) is 7.54. The maximum absolute atomic E-state index is 13.5. The van der Waals surface area contributed by atoms with E-state index in [4.69, 9.17) is 44.3 Å². The van der Waals surface area contributed by atoms with Gasteiger partial charge in [-0.3, -0.25) is 0 Å². The van der Waals surface area contributed by atoms with Crippen LogP contribution in [-0.4, -0.2) is 37.0 Å². The van der Waals surface area contributed by atoms with Crippen LogP contribution in [0.1, 0.15) is 12.0 Å². The van der Waals surface area contributed by atoms with Crippen LogP contribution in [0.3, 0.4) is 0 Å². The average Bonchev–Trinajstić information content (AvgIpc) is 2.68. The summed E-state index contributed by atoms with van der Waals surface area (Å²) in [6, 6.07) is 1.99. The Bertz CT molecular complexity index is 999. The summed E-state index contributed by atoms with van der Waals surface area (Å²) in [6.45, 7) is -0.280.